The van der Waals surface area contributed by atoms with Gasteiger partial charge in [0.15, 0.2) is 5.56 Å². The van der Waals surface area contributed by atoms with Crippen molar-refractivity contribution in [2.24, 2.45) is 0 Å². The van der Waals surface area contributed by atoms with E-state index in [0.29, 0.717) is 17.7 Å². The standard InChI is InChI=1S/C16H18N2O4/c1-4-9-13(10-7-5-6-8-11(10)18(2)3)17-15(20)12(14(9)19)16(21)22/h5-8H,4H2,1-3H3,(H,21,22)(H2,17,19,20). The largest absolute Gasteiger partial charge is 0.506 e. The first kappa shape index (κ1) is 15.6. The smallest absolute Gasteiger partial charge is 0.345 e. The van der Waals surface area contributed by atoms with Crippen molar-refractivity contribution in [3.8, 4) is 17.0 Å². The summed E-state index contributed by atoms with van der Waals surface area (Å²) in [5.74, 6) is -1.91. The summed E-state index contributed by atoms with van der Waals surface area (Å²) in [6, 6.07) is 7.39. The van der Waals surface area contributed by atoms with E-state index in [1.54, 1.807) is 6.92 Å². The molecule has 2 aromatic rings. The van der Waals surface area contributed by atoms with Crippen LogP contribution in [0.15, 0.2) is 29.1 Å². The number of anilines is 1. The second-order valence-electron chi connectivity index (χ2n) is 5.10. The third kappa shape index (κ3) is 2.55. The Morgan fingerprint density at radius 1 is 1.27 bits per heavy atom. The molecule has 6 heteroatoms. The molecule has 0 aliphatic rings. The van der Waals surface area contributed by atoms with Gasteiger partial charge in [-0.15, -0.1) is 0 Å². The number of aromatic amines is 1. The van der Waals surface area contributed by atoms with Crippen LogP contribution in [0.1, 0.15) is 22.8 Å². The third-order valence-electron chi connectivity index (χ3n) is 3.51. The average Bonchev–Trinajstić information content (AvgIpc) is 2.46. The summed E-state index contributed by atoms with van der Waals surface area (Å²) in [5.41, 5.74) is 1.00. The first-order chi connectivity index (χ1) is 10.4. The van der Waals surface area contributed by atoms with Crippen LogP contribution in [-0.4, -0.2) is 35.3 Å². The maximum atomic E-state index is 12.0. The van der Waals surface area contributed by atoms with Crippen molar-refractivity contribution >= 4 is 11.7 Å². The molecule has 0 spiro atoms. The molecule has 3 N–H and O–H groups in total. The Balaban J connectivity index is 2.83. The van der Waals surface area contributed by atoms with E-state index in [1.165, 1.54) is 0 Å². The van der Waals surface area contributed by atoms with Crippen LogP contribution in [-0.2, 0) is 6.42 Å². The molecule has 22 heavy (non-hydrogen) atoms. The summed E-state index contributed by atoms with van der Waals surface area (Å²) in [4.78, 5) is 27.7. The summed E-state index contributed by atoms with van der Waals surface area (Å²) in [5, 5.41) is 19.3. The lowest BCUT2D eigenvalue weighted by molar-refractivity contribution is 0.0691. The number of carbonyl (C=O) groups is 1. The van der Waals surface area contributed by atoms with Gasteiger partial charge in [-0.3, -0.25) is 4.79 Å². The molecule has 0 bridgehead atoms. The number of H-pyrrole nitrogens is 1. The molecular formula is C16H18N2O4. The fourth-order valence-corrected chi connectivity index (χ4v) is 2.48. The Labute approximate surface area is 127 Å². The highest BCUT2D eigenvalue weighted by Crippen LogP contribution is 2.34. The number of carboxylic acid groups (broad SMARTS) is 1. The molecule has 0 radical (unpaired) electrons. The lowest BCUT2D eigenvalue weighted by Gasteiger charge is -2.19. The Hall–Kier alpha value is -2.76. The summed E-state index contributed by atoms with van der Waals surface area (Å²) in [6.45, 7) is 1.79. The van der Waals surface area contributed by atoms with Gasteiger partial charge >= 0.3 is 5.97 Å². The monoisotopic (exact) mass is 302 g/mol. The van der Waals surface area contributed by atoms with E-state index >= 15 is 0 Å². The molecule has 0 unspecified atom stereocenters. The zero-order valence-corrected chi connectivity index (χ0v) is 12.7. The van der Waals surface area contributed by atoms with E-state index in [4.69, 9.17) is 5.11 Å². The summed E-state index contributed by atoms with van der Waals surface area (Å²) < 4.78 is 0. The van der Waals surface area contributed by atoms with E-state index in [0.717, 1.165) is 11.3 Å². The molecule has 1 aromatic carbocycles. The highest BCUT2D eigenvalue weighted by Gasteiger charge is 2.22. The third-order valence-corrected chi connectivity index (χ3v) is 3.51. The van der Waals surface area contributed by atoms with Crippen LogP contribution in [0.5, 0.6) is 5.75 Å². The van der Waals surface area contributed by atoms with Crippen molar-refractivity contribution in [2.75, 3.05) is 19.0 Å². The maximum Gasteiger partial charge on any atom is 0.345 e. The van der Waals surface area contributed by atoms with Gasteiger partial charge in [-0.05, 0) is 12.5 Å². The topological polar surface area (TPSA) is 93.6 Å². The number of nitrogens with one attached hydrogen (secondary N) is 1. The van der Waals surface area contributed by atoms with Crippen LogP contribution in [0.3, 0.4) is 0 Å². The van der Waals surface area contributed by atoms with Crippen LogP contribution in [0.2, 0.25) is 0 Å². The van der Waals surface area contributed by atoms with Gasteiger partial charge in [-0.25, -0.2) is 4.79 Å². The lowest BCUT2D eigenvalue weighted by atomic mass is 9.99. The minimum Gasteiger partial charge on any atom is -0.506 e. The molecular weight excluding hydrogens is 284 g/mol. The minimum absolute atomic E-state index is 0.389. The van der Waals surface area contributed by atoms with E-state index in [-0.39, 0.29) is 0 Å². The number of para-hydroxylation sites is 1. The number of aromatic carboxylic acids is 1. The molecule has 0 saturated carbocycles. The Morgan fingerprint density at radius 2 is 1.91 bits per heavy atom. The number of hydrogen-bond acceptors (Lipinski definition) is 4. The summed E-state index contributed by atoms with van der Waals surface area (Å²) >= 11 is 0. The van der Waals surface area contributed by atoms with Crippen LogP contribution >= 0.6 is 0 Å². The van der Waals surface area contributed by atoms with Gasteiger partial charge in [0.25, 0.3) is 5.56 Å². The molecule has 0 saturated heterocycles. The van der Waals surface area contributed by atoms with Crippen molar-refractivity contribution in [2.45, 2.75) is 13.3 Å². The average molecular weight is 302 g/mol. The van der Waals surface area contributed by atoms with Gasteiger partial charge < -0.3 is 20.1 Å². The number of carboxylic acids is 1. The number of hydrogen-bond donors (Lipinski definition) is 3. The van der Waals surface area contributed by atoms with Crippen LogP contribution in [0.25, 0.3) is 11.3 Å². The Bertz CT molecular complexity index is 778. The highest BCUT2D eigenvalue weighted by molar-refractivity contribution is 5.92. The predicted molar refractivity (Wildman–Crippen MR) is 84.8 cm³/mol. The molecule has 1 heterocycles. The van der Waals surface area contributed by atoms with E-state index in [1.807, 2.05) is 43.3 Å². The molecule has 116 valence electrons. The molecule has 0 aliphatic carbocycles. The van der Waals surface area contributed by atoms with Crippen molar-refractivity contribution < 1.29 is 15.0 Å². The zero-order chi connectivity index (χ0) is 16.4. The zero-order valence-electron chi connectivity index (χ0n) is 12.7. The van der Waals surface area contributed by atoms with Crippen LogP contribution in [0, 0.1) is 0 Å². The molecule has 0 aliphatic heterocycles. The number of aromatic hydroxyl groups is 1. The summed E-state index contributed by atoms with van der Waals surface area (Å²) in [7, 11) is 3.74. The first-order valence-electron chi connectivity index (χ1n) is 6.86. The summed E-state index contributed by atoms with van der Waals surface area (Å²) in [6.07, 6.45) is 0.389. The predicted octanol–water partition coefficient (Wildman–Crippen LogP) is 2.07. The molecule has 0 amide bonds. The number of benzene rings is 1. The maximum absolute atomic E-state index is 12.0. The second-order valence-corrected chi connectivity index (χ2v) is 5.10. The first-order valence-corrected chi connectivity index (χ1v) is 6.86. The van der Waals surface area contributed by atoms with Gasteiger partial charge in [0.1, 0.15) is 5.75 Å². The number of nitrogens with zero attached hydrogens (tertiary/aromatic N) is 1. The molecule has 1 aromatic heterocycles. The number of aromatic nitrogens is 1. The minimum atomic E-state index is -1.44. The highest BCUT2D eigenvalue weighted by atomic mass is 16.4. The molecule has 0 atom stereocenters. The van der Waals surface area contributed by atoms with E-state index in [2.05, 4.69) is 4.98 Å². The van der Waals surface area contributed by atoms with Gasteiger partial charge in [0, 0.05) is 30.9 Å². The fourth-order valence-electron chi connectivity index (χ4n) is 2.48. The molecule has 6 nitrogen and oxygen atoms in total. The lowest BCUT2D eigenvalue weighted by Crippen LogP contribution is -2.20. The van der Waals surface area contributed by atoms with E-state index in [9.17, 15) is 14.7 Å². The van der Waals surface area contributed by atoms with E-state index < -0.39 is 22.8 Å². The Kier molecular flexibility index (Phi) is 4.21. The van der Waals surface area contributed by atoms with Crippen molar-refractivity contribution in [1.29, 1.82) is 0 Å². The van der Waals surface area contributed by atoms with Crippen LogP contribution < -0.4 is 10.5 Å². The van der Waals surface area contributed by atoms with Gasteiger partial charge in [-0.2, -0.15) is 0 Å². The van der Waals surface area contributed by atoms with Crippen molar-refractivity contribution in [3.63, 3.8) is 0 Å². The quantitative estimate of drug-likeness (QED) is 0.804. The molecule has 0 fully saturated rings. The SMILES string of the molecule is CCc1c(-c2ccccc2N(C)C)[nH]c(=O)c(C(=O)O)c1O. The van der Waals surface area contributed by atoms with Gasteiger partial charge in [0.2, 0.25) is 0 Å². The Morgan fingerprint density at radius 3 is 2.45 bits per heavy atom. The number of rotatable bonds is 4. The molecule has 2 rings (SSSR count). The second kappa shape index (κ2) is 5.93. The fraction of sp³-hybridized carbons (Fsp3) is 0.250. The van der Waals surface area contributed by atoms with Gasteiger partial charge in [-0.1, -0.05) is 25.1 Å². The van der Waals surface area contributed by atoms with Crippen LogP contribution in [0.4, 0.5) is 5.69 Å². The normalized spacial score (nSPS) is 10.5. The number of pyridine rings is 1. The van der Waals surface area contributed by atoms with Gasteiger partial charge in [0.05, 0.1) is 5.69 Å². The van der Waals surface area contributed by atoms with Crippen molar-refractivity contribution in [1.82, 2.24) is 4.98 Å². The van der Waals surface area contributed by atoms with Crippen molar-refractivity contribution in [3.05, 3.63) is 45.7 Å².